The molecule has 3 heterocycles. The third kappa shape index (κ3) is 3.87. The zero-order valence-corrected chi connectivity index (χ0v) is 16.1. The van der Waals surface area contributed by atoms with Gasteiger partial charge in [-0.2, -0.15) is 13.2 Å². The molecule has 9 nitrogen and oxygen atoms in total. The van der Waals surface area contributed by atoms with E-state index in [1.54, 1.807) is 0 Å². The van der Waals surface area contributed by atoms with Gasteiger partial charge in [-0.15, -0.1) is 0 Å². The maximum atomic E-state index is 13.9. The van der Waals surface area contributed by atoms with E-state index in [1.807, 2.05) is 0 Å². The van der Waals surface area contributed by atoms with Gasteiger partial charge in [0.2, 0.25) is 0 Å². The van der Waals surface area contributed by atoms with Crippen LogP contribution in [0.3, 0.4) is 0 Å². The van der Waals surface area contributed by atoms with Gasteiger partial charge in [0.25, 0.3) is 0 Å². The molecule has 1 aromatic carbocycles. The molecule has 0 amide bonds. The summed E-state index contributed by atoms with van der Waals surface area (Å²) in [5.74, 6) is -0.298. The van der Waals surface area contributed by atoms with Crippen molar-refractivity contribution in [2.45, 2.75) is 36.8 Å². The lowest BCUT2D eigenvalue weighted by atomic mass is 9.96. The highest BCUT2D eigenvalue weighted by Crippen LogP contribution is 2.40. The molecule has 1 fully saturated rings. The molecule has 5 atom stereocenters. The molecule has 0 spiro atoms. The van der Waals surface area contributed by atoms with Gasteiger partial charge in [0.1, 0.15) is 41.3 Å². The van der Waals surface area contributed by atoms with Crippen LogP contribution < -0.4 is 10.9 Å². The normalized spacial score (nSPS) is 26.4. The van der Waals surface area contributed by atoms with Crippen molar-refractivity contribution in [1.82, 2.24) is 0 Å². The summed E-state index contributed by atoms with van der Waals surface area (Å²) in [6.45, 7) is -0.651. The van der Waals surface area contributed by atoms with Crippen molar-refractivity contribution in [3.63, 3.8) is 0 Å². The van der Waals surface area contributed by atoms with E-state index in [0.29, 0.717) is 0 Å². The second kappa shape index (κ2) is 8.22. The zero-order valence-electron chi connectivity index (χ0n) is 16.1. The molecule has 3 aromatic rings. The fourth-order valence-corrected chi connectivity index (χ4v) is 3.68. The van der Waals surface area contributed by atoms with Crippen LogP contribution in [0.25, 0.3) is 22.3 Å². The van der Waals surface area contributed by atoms with E-state index >= 15 is 0 Å². The van der Waals surface area contributed by atoms with Crippen molar-refractivity contribution >= 4 is 16.7 Å². The number of nitrogens with one attached hydrogen (secondary N) is 1. The number of benzene rings is 1. The standard InChI is InChI=1S/C20H18F3NO8/c21-20(22,23)14-9-4-3-8(24-15-17(27)16(26)12(7-25)32-19(15)29)6-11(9)31-18(28)13(14)10-2-1-5-30-10/h1-6,12,15-17,19,24-27,29H,7H2/t12?,15?,16-,17-,19?/m0/s1. The summed E-state index contributed by atoms with van der Waals surface area (Å²) in [6, 6.07) is 4.62. The number of aliphatic hydroxyl groups excluding tert-OH is 4. The van der Waals surface area contributed by atoms with Crippen molar-refractivity contribution in [3.05, 3.63) is 52.6 Å². The predicted molar refractivity (Wildman–Crippen MR) is 103 cm³/mol. The van der Waals surface area contributed by atoms with Crippen LogP contribution in [0.5, 0.6) is 0 Å². The largest absolute Gasteiger partial charge is 0.464 e. The fraction of sp³-hybridized carbons (Fsp3) is 0.350. The third-order valence-corrected chi connectivity index (χ3v) is 5.19. The van der Waals surface area contributed by atoms with Gasteiger partial charge in [-0.1, -0.05) is 0 Å². The Bertz CT molecular complexity index is 1160. The molecule has 0 saturated carbocycles. The Hall–Kier alpha value is -2.90. The number of hydrogen-bond acceptors (Lipinski definition) is 9. The topological polar surface area (TPSA) is 146 Å². The summed E-state index contributed by atoms with van der Waals surface area (Å²) in [4.78, 5) is 12.4. The first-order valence-electron chi connectivity index (χ1n) is 9.41. The second-order valence-corrected chi connectivity index (χ2v) is 7.22. The fourth-order valence-electron chi connectivity index (χ4n) is 3.68. The number of rotatable bonds is 4. The number of halogens is 3. The highest BCUT2D eigenvalue weighted by atomic mass is 19.4. The molecule has 2 aromatic heterocycles. The highest BCUT2D eigenvalue weighted by molar-refractivity contribution is 5.88. The first kappa shape index (κ1) is 22.3. The minimum absolute atomic E-state index is 0.0703. The first-order chi connectivity index (χ1) is 15.1. The molecular weight excluding hydrogens is 439 g/mol. The Balaban J connectivity index is 1.76. The summed E-state index contributed by atoms with van der Waals surface area (Å²) < 4.78 is 56.7. The van der Waals surface area contributed by atoms with Gasteiger partial charge >= 0.3 is 11.8 Å². The van der Waals surface area contributed by atoms with Crippen LogP contribution in [-0.4, -0.2) is 57.7 Å². The first-order valence-corrected chi connectivity index (χ1v) is 9.41. The summed E-state index contributed by atoms with van der Waals surface area (Å²) in [5.41, 5.74) is -3.59. The van der Waals surface area contributed by atoms with Gasteiger partial charge in [-0.3, -0.25) is 0 Å². The molecule has 0 bridgehead atoms. The summed E-state index contributed by atoms with van der Waals surface area (Å²) in [6.07, 6.45) is -9.76. The van der Waals surface area contributed by atoms with E-state index in [1.165, 1.54) is 18.2 Å². The predicted octanol–water partition coefficient (Wildman–Crippen LogP) is 1.28. The van der Waals surface area contributed by atoms with Gasteiger partial charge in [0.05, 0.1) is 18.4 Å². The number of ether oxygens (including phenoxy) is 1. The Morgan fingerprint density at radius 2 is 1.84 bits per heavy atom. The van der Waals surface area contributed by atoms with Crippen LogP contribution in [0, 0.1) is 0 Å². The maximum absolute atomic E-state index is 13.9. The number of alkyl halides is 3. The van der Waals surface area contributed by atoms with Gasteiger partial charge in [0, 0.05) is 17.1 Å². The average molecular weight is 457 g/mol. The van der Waals surface area contributed by atoms with Crippen LogP contribution in [-0.2, 0) is 10.9 Å². The van der Waals surface area contributed by atoms with E-state index in [4.69, 9.17) is 18.7 Å². The monoisotopic (exact) mass is 457 g/mol. The van der Waals surface area contributed by atoms with Crippen LogP contribution in [0.1, 0.15) is 5.56 Å². The zero-order chi connectivity index (χ0) is 23.2. The highest BCUT2D eigenvalue weighted by Gasteiger charge is 2.44. The van der Waals surface area contributed by atoms with E-state index in [0.717, 1.165) is 18.4 Å². The second-order valence-electron chi connectivity index (χ2n) is 7.22. The lowest BCUT2D eigenvalue weighted by Gasteiger charge is -2.40. The molecule has 1 saturated heterocycles. The minimum atomic E-state index is -4.90. The number of furan rings is 1. The molecule has 4 rings (SSSR count). The van der Waals surface area contributed by atoms with Crippen LogP contribution in [0.15, 0.2) is 50.2 Å². The molecule has 3 unspecified atom stereocenters. The smallest absolute Gasteiger partial charge is 0.418 e. The molecule has 172 valence electrons. The van der Waals surface area contributed by atoms with E-state index in [-0.39, 0.29) is 11.4 Å². The molecule has 1 aliphatic heterocycles. The maximum Gasteiger partial charge on any atom is 0.418 e. The van der Waals surface area contributed by atoms with Gasteiger partial charge < -0.3 is 39.3 Å². The SMILES string of the molecule is O=c1oc2cc(NC3C(O)OC(CO)[C@H](O)[C@H]3O)ccc2c(C(F)(F)F)c1-c1ccco1. The number of hydrogen-bond donors (Lipinski definition) is 5. The van der Waals surface area contributed by atoms with Gasteiger partial charge in [-0.05, 0) is 24.3 Å². The van der Waals surface area contributed by atoms with Crippen LogP contribution in [0.2, 0.25) is 0 Å². The molecule has 0 aliphatic carbocycles. The lowest BCUT2D eigenvalue weighted by molar-refractivity contribution is -0.245. The minimum Gasteiger partial charge on any atom is -0.464 e. The van der Waals surface area contributed by atoms with Crippen LogP contribution >= 0.6 is 0 Å². The Labute approximate surface area is 177 Å². The summed E-state index contributed by atoms with van der Waals surface area (Å²) in [5, 5.41) is 41.6. The van der Waals surface area contributed by atoms with Crippen LogP contribution in [0.4, 0.5) is 18.9 Å². The summed E-state index contributed by atoms with van der Waals surface area (Å²) in [7, 11) is 0. The number of fused-ring (bicyclic) bond motifs is 1. The van der Waals surface area contributed by atoms with Crippen molar-refractivity contribution in [3.8, 4) is 11.3 Å². The van der Waals surface area contributed by atoms with Crippen molar-refractivity contribution in [2.75, 3.05) is 11.9 Å². The van der Waals surface area contributed by atoms with E-state index in [2.05, 4.69) is 5.32 Å². The number of aliphatic hydroxyl groups is 4. The molecule has 12 heteroatoms. The number of anilines is 1. The third-order valence-electron chi connectivity index (χ3n) is 5.19. The van der Waals surface area contributed by atoms with Gasteiger partial charge in [-0.25, -0.2) is 4.79 Å². The Morgan fingerprint density at radius 1 is 1.09 bits per heavy atom. The average Bonchev–Trinajstić information content (AvgIpc) is 3.26. The van der Waals surface area contributed by atoms with E-state index in [9.17, 15) is 33.3 Å². The molecule has 0 radical (unpaired) electrons. The Kier molecular flexibility index (Phi) is 5.73. The van der Waals surface area contributed by atoms with Crippen molar-refractivity contribution in [1.29, 1.82) is 0 Å². The van der Waals surface area contributed by atoms with Gasteiger partial charge in [0.15, 0.2) is 6.29 Å². The molecule has 1 aliphatic rings. The lowest BCUT2D eigenvalue weighted by Crippen LogP contribution is -2.61. The summed E-state index contributed by atoms with van der Waals surface area (Å²) >= 11 is 0. The van der Waals surface area contributed by atoms with Crippen molar-refractivity contribution in [2.24, 2.45) is 0 Å². The molecular formula is C20H18F3NO8. The molecule has 5 N–H and O–H groups in total. The Morgan fingerprint density at radius 3 is 2.47 bits per heavy atom. The molecule has 32 heavy (non-hydrogen) atoms. The van der Waals surface area contributed by atoms with E-state index < -0.39 is 71.1 Å². The van der Waals surface area contributed by atoms with Crippen molar-refractivity contribution < 1.29 is 47.2 Å². The quantitative estimate of drug-likeness (QED) is 0.366.